The Morgan fingerprint density at radius 2 is 2.57 bits per heavy atom. The molecule has 2 rings (SSSR count). The molecule has 0 aromatic carbocycles. The predicted octanol–water partition coefficient (Wildman–Crippen LogP) is 1.68. The molecular formula is C11H14N2O. The van der Waals surface area contributed by atoms with E-state index in [4.69, 9.17) is 4.74 Å². The molecule has 2 heterocycles. The third-order valence-electron chi connectivity index (χ3n) is 2.23. The summed E-state index contributed by atoms with van der Waals surface area (Å²) < 4.78 is 5.54. The van der Waals surface area contributed by atoms with Gasteiger partial charge in [-0.25, -0.2) is 0 Å². The number of ether oxygens (including phenoxy) is 1. The van der Waals surface area contributed by atoms with E-state index in [1.165, 1.54) is 0 Å². The smallest absolute Gasteiger partial charge is 0.127 e. The Morgan fingerprint density at radius 1 is 1.64 bits per heavy atom. The van der Waals surface area contributed by atoms with Crippen LogP contribution >= 0.6 is 0 Å². The molecule has 0 fully saturated rings. The summed E-state index contributed by atoms with van der Waals surface area (Å²) in [6.07, 6.45) is 7.87. The van der Waals surface area contributed by atoms with Gasteiger partial charge in [-0.15, -0.1) is 0 Å². The molecule has 1 atom stereocenters. The van der Waals surface area contributed by atoms with Crippen LogP contribution < -0.4 is 10.1 Å². The minimum Gasteiger partial charge on any atom is -0.493 e. The average molecular weight is 190 g/mol. The van der Waals surface area contributed by atoms with Crippen molar-refractivity contribution >= 4 is 0 Å². The maximum Gasteiger partial charge on any atom is 0.127 e. The van der Waals surface area contributed by atoms with Crippen LogP contribution in [0.1, 0.15) is 18.5 Å². The lowest BCUT2D eigenvalue weighted by molar-refractivity contribution is 0.334. The van der Waals surface area contributed by atoms with Gasteiger partial charge in [-0.3, -0.25) is 4.98 Å². The molecule has 0 spiro atoms. The summed E-state index contributed by atoms with van der Waals surface area (Å²) in [6, 6.07) is 2.16. The number of hydrogen-bond donors (Lipinski definition) is 1. The Balaban J connectivity index is 2.26. The van der Waals surface area contributed by atoms with Crippen LogP contribution in [-0.2, 0) is 0 Å². The summed E-state index contributed by atoms with van der Waals surface area (Å²) in [7, 11) is 0. The van der Waals surface area contributed by atoms with Gasteiger partial charge >= 0.3 is 0 Å². The van der Waals surface area contributed by atoms with Gasteiger partial charge in [-0.05, 0) is 13.0 Å². The van der Waals surface area contributed by atoms with E-state index in [9.17, 15) is 0 Å². The molecule has 1 aliphatic rings. The lowest BCUT2D eigenvalue weighted by Gasteiger charge is -2.14. The zero-order valence-corrected chi connectivity index (χ0v) is 8.23. The second kappa shape index (κ2) is 4.24. The van der Waals surface area contributed by atoms with Crippen LogP contribution in [0.2, 0.25) is 0 Å². The van der Waals surface area contributed by atoms with Crippen molar-refractivity contribution in [1.82, 2.24) is 10.3 Å². The van der Waals surface area contributed by atoms with Gasteiger partial charge in [0.1, 0.15) is 5.75 Å². The Kier molecular flexibility index (Phi) is 2.79. The fourth-order valence-corrected chi connectivity index (χ4v) is 1.60. The maximum atomic E-state index is 5.54. The Bertz CT molecular complexity index is 336. The standard InChI is InChI=1S/C11H14N2O/c1-2-14-11-5-7-12-8-9(11)10-4-3-6-13-10/h3-5,7-8,10,13H,2,6H2,1H3. The summed E-state index contributed by atoms with van der Waals surface area (Å²) in [5.74, 6) is 0.923. The van der Waals surface area contributed by atoms with E-state index in [1.807, 2.05) is 19.2 Å². The van der Waals surface area contributed by atoms with Crippen LogP contribution in [-0.4, -0.2) is 18.1 Å². The normalized spacial score (nSPS) is 19.9. The lowest BCUT2D eigenvalue weighted by Crippen LogP contribution is -2.15. The van der Waals surface area contributed by atoms with E-state index in [0.717, 1.165) is 17.9 Å². The maximum absolute atomic E-state index is 5.54. The molecule has 1 unspecified atom stereocenters. The first-order valence-corrected chi connectivity index (χ1v) is 4.88. The van der Waals surface area contributed by atoms with E-state index in [1.54, 1.807) is 6.20 Å². The predicted molar refractivity (Wildman–Crippen MR) is 55.3 cm³/mol. The van der Waals surface area contributed by atoms with Gasteiger partial charge in [0.15, 0.2) is 0 Å². The summed E-state index contributed by atoms with van der Waals surface area (Å²) in [5, 5.41) is 3.34. The van der Waals surface area contributed by atoms with E-state index < -0.39 is 0 Å². The van der Waals surface area contributed by atoms with E-state index >= 15 is 0 Å². The molecule has 1 aromatic rings. The SMILES string of the molecule is CCOc1ccncc1C1C=CCN1. The van der Waals surface area contributed by atoms with Gasteiger partial charge in [-0.2, -0.15) is 0 Å². The van der Waals surface area contributed by atoms with Gasteiger partial charge in [0.05, 0.1) is 12.6 Å². The Labute approximate surface area is 83.8 Å². The number of nitrogens with one attached hydrogen (secondary N) is 1. The van der Waals surface area contributed by atoms with Crippen molar-refractivity contribution in [1.29, 1.82) is 0 Å². The van der Waals surface area contributed by atoms with Crippen molar-refractivity contribution in [2.24, 2.45) is 0 Å². The first-order chi connectivity index (χ1) is 6.92. The number of hydrogen-bond acceptors (Lipinski definition) is 3. The fraction of sp³-hybridized carbons (Fsp3) is 0.364. The molecule has 14 heavy (non-hydrogen) atoms. The second-order valence-electron chi connectivity index (χ2n) is 3.16. The highest BCUT2D eigenvalue weighted by Crippen LogP contribution is 2.26. The highest BCUT2D eigenvalue weighted by Gasteiger charge is 2.15. The molecule has 0 saturated carbocycles. The van der Waals surface area contributed by atoms with Gasteiger partial charge in [-0.1, -0.05) is 12.2 Å². The molecule has 0 radical (unpaired) electrons. The lowest BCUT2D eigenvalue weighted by atomic mass is 10.1. The third-order valence-corrected chi connectivity index (χ3v) is 2.23. The van der Waals surface area contributed by atoms with Crippen LogP contribution in [0, 0.1) is 0 Å². The van der Waals surface area contributed by atoms with Crippen LogP contribution in [0.25, 0.3) is 0 Å². The van der Waals surface area contributed by atoms with Crippen LogP contribution in [0.3, 0.4) is 0 Å². The van der Waals surface area contributed by atoms with Crippen molar-refractivity contribution in [3.63, 3.8) is 0 Å². The Morgan fingerprint density at radius 3 is 3.29 bits per heavy atom. The second-order valence-corrected chi connectivity index (χ2v) is 3.16. The first kappa shape index (κ1) is 9.21. The summed E-state index contributed by atoms with van der Waals surface area (Å²) in [4.78, 5) is 4.12. The molecule has 74 valence electrons. The monoisotopic (exact) mass is 190 g/mol. The number of pyridine rings is 1. The minimum absolute atomic E-state index is 0.255. The highest BCUT2D eigenvalue weighted by atomic mass is 16.5. The third kappa shape index (κ3) is 1.77. The highest BCUT2D eigenvalue weighted by molar-refractivity contribution is 5.36. The first-order valence-electron chi connectivity index (χ1n) is 4.88. The van der Waals surface area contributed by atoms with Crippen LogP contribution in [0.4, 0.5) is 0 Å². The van der Waals surface area contributed by atoms with Crippen molar-refractivity contribution in [3.8, 4) is 5.75 Å². The summed E-state index contributed by atoms with van der Waals surface area (Å²) in [6.45, 7) is 3.60. The average Bonchev–Trinajstić information content (AvgIpc) is 2.72. The molecule has 3 heteroatoms. The van der Waals surface area contributed by atoms with Crippen LogP contribution in [0.5, 0.6) is 5.75 Å². The van der Waals surface area contributed by atoms with Crippen LogP contribution in [0.15, 0.2) is 30.6 Å². The minimum atomic E-state index is 0.255. The molecule has 1 aliphatic heterocycles. The van der Waals surface area contributed by atoms with Gasteiger partial charge in [0, 0.05) is 24.5 Å². The van der Waals surface area contributed by atoms with Crippen molar-refractivity contribution in [3.05, 3.63) is 36.2 Å². The number of nitrogens with zero attached hydrogens (tertiary/aromatic N) is 1. The molecule has 0 amide bonds. The zero-order valence-electron chi connectivity index (χ0n) is 8.23. The molecule has 0 bridgehead atoms. The number of aromatic nitrogens is 1. The van der Waals surface area contributed by atoms with Crippen molar-refractivity contribution in [2.75, 3.05) is 13.2 Å². The Hall–Kier alpha value is -1.35. The van der Waals surface area contributed by atoms with Gasteiger partial charge in [0.25, 0.3) is 0 Å². The zero-order chi connectivity index (χ0) is 9.80. The fourth-order valence-electron chi connectivity index (χ4n) is 1.60. The van der Waals surface area contributed by atoms with Crippen molar-refractivity contribution in [2.45, 2.75) is 13.0 Å². The van der Waals surface area contributed by atoms with E-state index in [0.29, 0.717) is 6.61 Å². The molecule has 3 nitrogen and oxygen atoms in total. The van der Waals surface area contributed by atoms with Gasteiger partial charge in [0.2, 0.25) is 0 Å². The van der Waals surface area contributed by atoms with E-state index in [-0.39, 0.29) is 6.04 Å². The largest absolute Gasteiger partial charge is 0.493 e. The summed E-state index contributed by atoms with van der Waals surface area (Å²) >= 11 is 0. The van der Waals surface area contributed by atoms with E-state index in [2.05, 4.69) is 22.5 Å². The van der Waals surface area contributed by atoms with Crippen molar-refractivity contribution < 1.29 is 4.74 Å². The quantitative estimate of drug-likeness (QED) is 0.736. The molecule has 0 aliphatic carbocycles. The number of rotatable bonds is 3. The molecular weight excluding hydrogens is 176 g/mol. The molecule has 0 saturated heterocycles. The molecule has 1 aromatic heterocycles. The van der Waals surface area contributed by atoms with Gasteiger partial charge < -0.3 is 10.1 Å². The molecule has 1 N–H and O–H groups in total. The topological polar surface area (TPSA) is 34.1 Å². The summed E-state index contributed by atoms with van der Waals surface area (Å²) in [5.41, 5.74) is 1.11.